The van der Waals surface area contributed by atoms with Crippen LogP contribution < -0.4 is 5.73 Å². The lowest BCUT2D eigenvalue weighted by Crippen LogP contribution is -1.84. The van der Waals surface area contributed by atoms with Gasteiger partial charge in [0.1, 0.15) is 5.82 Å². The molecule has 3 aromatic rings. The van der Waals surface area contributed by atoms with Crippen molar-refractivity contribution in [3.05, 3.63) is 48.0 Å². The molecule has 5 heteroatoms. The zero-order chi connectivity index (χ0) is 12.7. The van der Waals surface area contributed by atoms with E-state index < -0.39 is 11.6 Å². The van der Waals surface area contributed by atoms with Gasteiger partial charge in [-0.2, -0.15) is 0 Å². The molecular formula is C13H9F2N3. The smallest absolute Gasteiger partial charge is 0.161 e. The number of benzene rings is 2. The molecule has 3 N–H and O–H groups in total. The highest BCUT2D eigenvalue weighted by Gasteiger charge is 2.09. The zero-order valence-electron chi connectivity index (χ0n) is 9.24. The number of fused-ring (bicyclic) bond motifs is 1. The van der Waals surface area contributed by atoms with Crippen molar-refractivity contribution in [3.8, 4) is 11.4 Å². The summed E-state index contributed by atoms with van der Waals surface area (Å²) in [6.07, 6.45) is 0. The van der Waals surface area contributed by atoms with Gasteiger partial charge in [0.15, 0.2) is 11.6 Å². The average Bonchev–Trinajstić information content (AvgIpc) is 2.73. The van der Waals surface area contributed by atoms with Crippen LogP contribution in [0.25, 0.3) is 22.4 Å². The summed E-state index contributed by atoms with van der Waals surface area (Å²) in [6, 6.07) is 9.23. The van der Waals surface area contributed by atoms with Gasteiger partial charge in [0.25, 0.3) is 0 Å². The fraction of sp³-hybridized carbons (Fsp3) is 0. The number of imidazole rings is 1. The second kappa shape index (κ2) is 3.80. The van der Waals surface area contributed by atoms with Crippen molar-refractivity contribution < 1.29 is 8.78 Å². The van der Waals surface area contributed by atoms with E-state index >= 15 is 0 Å². The number of halogens is 2. The lowest BCUT2D eigenvalue weighted by Gasteiger charge is -1.96. The van der Waals surface area contributed by atoms with Crippen LogP contribution in [0, 0.1) is 11.6 Å². The maximum absolute atomic E-state index is 13.1. The SMILES string of the molecule is Nc1ccc(-c2nc3cc(F)c(F)cc3[nH]2)cc1. The molecule has 0 radical (unpaired) electrons. The van der Waals surface area contributed by atoms with E-state index in [2.05, 4.69) is 9.97 Å². The van der Waals surface area contributed by atoms with Crippen LogP contribution in [-0.2, 0) is 0 Å². The van der Waals surface area contributed by atoms with E-state index in [1.54, 1.807) is 24.3 Å². The lowest BCUT2D eigenvalue weighted by atomic mass is 10.2. The third kappa shape index (κ3) is 1.69. The molecule has 0 fully saturated rings. The van der Waals surface area contributed by atoms with Crippen molar-refractivity contribution in [2.75, 3.05) is 5.73 Å². The maximum Gasteiger partial charge on any atom is 0.161 e. The number of nitrogens with one attached hydrogen (secondary N) is 1. The molecule has 3 nitrogen and oxygen atoms in total. The minimum atomic E-state index is -0.905. The predicted molar refractivity (Wildman–Crippen MR) is 65.9 cm³/mol. The number of H-pyrrole nitrogens is 1. The van der Waals surface area contributed by atoms with E-state index in [4.69, 9.17) is 5.73 Å². The van der Waals surface area contributed by atoms with Crippen LogP contribution in [0.1, 0.15) is 0 Å². The van der Waals surface area contributed by atoms with E-state index in [0.717, 1.165) is 17.7 Å². The summed E-state index contributed by atoms with van der Waals surface area (Å²) in [5.41, 5.74) is 7.89. The van der Waals surface area contributed by atoms with Crippen LogP contribution in [0.3, 0.4) is 0 Å². The number of rotatable bonds is 1. The van der Waals surface area contributed by atoms with Crippen molar-refractivity contribution in [1.82, 2.24) is 9.97 Å². The van der Waals surface area contributed by atoms with Gasteiger partial charge in [-0.1, -0.05) is 0 Å². The van der Waals surface area contributed by atoms with Crippen LogP contribution in [-0.4, -0.2) is 9.97 Å². The minimum Gasteiger partial charge on any atom is -0.399 e. The third-order valence-corrected chi connectivity index (χ3v) is 2.71. The Labute approximate surface area is 101 Å². The molecule has 1 heterocycles. The molecule has 0 atom stereocenters. The number of aromatic nitrogens is 2. The van der Waals surface area contributed by atoms with Gasteiger partial charge < -0.3 is 10.7 Å². The Bertz CT molecular complexity index is 678. The molecule has 90 valence electrons. The fourth-order valence-electron chi connectivity index (χ4n) is 1.78. The number of aromatic amines is 1. The van der Waals surface area contributed by atoms with E-state index in [0.29, 0.717) is 22.5 Å². The standard InChI is InChI=1S/C13H9F2N3/c14-9-5-11-12(6-10(9)15)18-13(17-11)7-1-3-8(16)4-2-7/h1-6H,16H2,(H,17,18). The largest absolute Gasteiger partial charge is 0.399 e. The normalized spacial score (nSPS) is 11.0. The molecule has 2 aromatic carbocycles. The Balaban J connectivity index is 2.16. The number of nitrogens with zero attached hydrogens (tertiary/aromatic N) is 1. The van der Waals surface area contributed by atoms with Gasteiger partial charge in [-0.3, -0.25) is 0 Å². The average molecular weight is 245 g/mol. The first kappa shape index (κ1) is 10.7. The van der Waals surface area contributed by atoms with Gasteiger partial charge in [0.2, 0.25) is 0 Å². The van der Waals surface area contributed by atoms with Crippen molar-refractivity contribution in [3.63, 3.8) is 0 Å². The Hall–Kier alpha value is -2.43. The first-order valence-corrected chi connectivity index (χ1v) is 5.34. The highest BCUT2D eigenvalue weighted by Crippen LogP contribution is 2.23. The number of hydrogen-bond donors (Lipinski definition) is 2. The van der Waals surface area contributed by atoms with Gasteiger partial charge in [-0.05, 0) is 24.3 Å². The molecule has 1 aromatic heterocycles. The molecule has 0 saturated heterocycles. The first-order chi connectivity index (χ1) is 8.63. The Kier molecular flexibility index (Phi) is 2.26. The molecule has 0 saturated carbocycles. The molecule has 0 bridgehead atoms. The van der Waals surface area contributed by atoms with Crippen LogP contribution in [0.4, 0.5) is 14.5 Å². The zero-order valence-corrected chi connectivity index (χ0v) is 9.24. The summed E-state index contributed by atoms with van der Waals surface area (Å²) < 4.78 is 26.1. The molecule has 3 rings (SSSR count). The first-order valence-electron chi connectivity index (χ1n) is 5.34. The van der Waals surface area contributed by atoms with E-state index in [9.17, 15) is 8.78 Å². The molecule has 18 heavy (non-hydrogen) atoms. The summed E-state index contributed by atoms with van der Waals surface area (Å²) in [5.74, 6) is -1.25. The van der Waals surface area contributed by atoms with Crippen molar-refractivity contribution in [2.45, 2.75) is 0 Å². The quantitative estimate of drug-likeness (QED) is 0.647. The monoisotopic (exact) mass is 245 g/mol. The van der Waals surface area contributed by atoms with E-state index in [1.807, 2.05) is 0 Å². The molecule has 0 unspecified atom stereocenters. The predicted octanol–water partition coefficient (Wildman–Crippen LogP) is 3.09. The number of hydrogen-bond acceptors (Lipinski definition) is 2. The second-order valence-corrected chi connectivity index (χ2v) is 3.99. The van der Waals surface area contributed by atoms with Gasteiger partial charge in [0, 0.05) is 23.4 Å². The number of nitrogen functional groups attached to an aromatic ring is 1. The minimum absolute atomic E-state index is 0.390. The molecule has 0 amide bonds. The highest BCUT2D eigenvalue weighted by atomic mass is 19.2. The highest BCUT2D eigenvalue weighted by molar-refractivity contribution is 5.79. The summed E-state index contributed by atoms with van der Waals surface area (Å²) in [5, 5.41) is 0. The fourth-order valence-corrected chi connectivity index (χ4v) is 1.78. The molecule has 0 aliphatic carbocycles. The summed E-state index contributed by atoms with van der Waals surface area (Å²) in [7, 11) is 0. The summed E-state index contributed by atoms with van der Waals surface area (Å²) in [6.45, 7) is 0. The summed E-state index contributed by atoms with van der Waals surface area (Å²) in [4.78, 5) is 7.15. The Morgan fingerprint density at radius 3 is 2.39 bits per heavy atom. The van der Waals surface area contributed by atoms with Crippen LogP contribution in [0.5, 0.6) is 0 Å². The van der Waals surface area contributed by atoms with Gasteiger partial charge in [-0.25, -0.2) is 13.8 Å². The Morgan fingerprint density at radius 1 is 1.00 bits per heavy atom. The number of nitrogens with two attached hydrogens (primary N) is 1. The van der Waals surface area contributed by atoms with Crippen LogP contribution in [0.2, 0.25) is 0 Å². The number of anilines is 1. The second-order valence-electron chi connectivity index (χ2n) is 3.99. The summed E-state index contributed by atoms with van der Waals surface area (Å²) >= 11 is 0. The molecule has 0 spiro atoms. The topological polar surface area (TPSA) is 54.7 Å². The molecule has 0 aliphatic heterocycles. The molecule has 0 aliphatic rings. The Morgan fingerprint density at radius 2 is 1.67 bits per heavy atom. The van der Waals surface area contributed by atoms with Crippen LogP contribution >= 0.6 is 0 Å². The van der Waals surface area contributed by atoms with Gasteiger partial charge >= 0.3 is 0 Å². The van der Waals surface area contributed by atoms with Crippen molar-refractivity contribution in [2.24, 2.45) is 0 Å². The maximum atomic E-state index is 13.1. The van der Waals surface area contributed by atoms with Gasteiger partial charge in [0.05, 0.1) is 11.0 Å². The molecular weight excluding hydrogens is 236 g/mol. The third-order valence-electron chi connectivity index (χ3n) is 2.71. The van der Waals surface area contributed by atoms with Gasteiger partial charge in [-0.15, -0.1) is 0 Å². The van der Waals surface area contributed by atoms with Crippen molar-refractivity contribution in [1.29, 1.82) is 0 Å². The van der Waals surface area contributed by atoms with Crippen LogP contribution in [0.15, 0.2) is 36.4 Å². The van der Waals surface area contributed by atoms with Crippen molar-refractivity contribution >= 4 is 16.7 Å². The lowest BCUT2D eigenvalue weighted by molar-refractivity contribution is 0.510. The van der Waals surface area contributed by atoms with E-state index in [-0.39, 0.29) is 0 Å². The van der Waals surface area contributed by atoms with E-state index in [1.165, 1.54) is 0 Å².